The average molecular weight is 159 g/mol. The Bertz CT molecular complexity index is 285. The predicted octanol–water partition coefficient (Wildman–Crippen LogP) is 3.02. The Labute approximate surface area is 73.3 Å². The molecule has 0 heterocycles. The van der Waals surface area contributed by atoms with Crippen LogP contribution in [-0.4, -0.2) is 5.71 Å². The molecule has 0 fully saturated rings. The highest BCUT2D eigenvalue weighted by molar-refractivity contribution is 5.99. The van der Waals surface area contributed by atoms with E-state index in [1.54, 1.807) is 0 Å². The zero-order valence-corrected chi connectivity index (χ0v) is 7.30. The molecule has 0 aliphatic heterocycles. The third-order valence-electron chi connectivity index (χ3n) is 1.60. The van der Waals surface area contributed by atoms with Crippen LogP contribution in [0.5, 0.6) is 0 Å². The van der Waals surface area contributed by atoms with Gasteiger partial charge in [-0.1, -0.05) is 42.5 Å². The average Bonchev–Trinajstić information content (AvgIpc) is 2.05. The minimum absolute atomic E-state index is 0.642. The second kappa shape index (κ2) is 3.86. The summed E-state index contributed by atoms with van der Waals surface area (Å²) < 4.78 is 0. The molecule has 0 radical (unpaired) electrons. The molecule has 12 heavy (non-hydrogen) atoms. The molecule has 0 bridgehead atoms. The van der Waals surface area contributed by atoms with Crippen LogP contribution < -0.4 is 0 Å². The molecular formula is C11H13N. The van der Waals surface area contributed by atoms with Gasteiger partial charge in [0.2, 0.25) is 0 Å². The Morgan fingerprint density at radius 3 is 2.42 bits per heavy atom. The van der Waals surface area contributed by atoms with E-state index >= 15 is 0 Å². The van der Waals surface area contributed by atoms with Crippen LogP contribution >= 0.6 is 0 Å². The van der Waals surface area contributed by atoms with Gasteiger partial charge in [-0.05, 0) is 12.5 Å². The highest BCUT2D eigenvalue weighted by Crippen LogP contribution is 2.06. The first-order valence-corrected chi connectivity index (χ1v) is 3.97. The first-order chi connectivity index (χ1) is 5.70. The molecule has 1 heteroatoms. The van der Waals surface area contributed by atoms with Crippen LogP contribution in [0.4, 0.5) is 0 Å². The van der Waals surface area contributed by atoms with Gasteiger partial charge in [-0.15, -0.1) is 0 Å². The monoisotopic (exact) mass is 159 g/mol. The Morgan fingerprint density at radius 1 is 1.33 bits per heavy atom. The van der Waals surface area contributed by atoms with Crippen LogP contribution in [0.2, 0.25) is 0 Å². The summed E-state index contributed by atoms with van der Waals surface area (Å²) in [7, 11) is 0. The van der Waals surface area contributed by atoms with Gasteiger partial charge in [-0.3, -0.25) is 0 Å². The first-order valence-electron chi connectivity index (χ1n) is 3.97. The van der Waals surface area contributed by atoms with E-state index in [-0.39, 0.29) is 0 Å². The zero-order valence-electron chi connectivity index (χ0n) is 7.30. The minimum Gasteiger partial charge on any atom is -0.304 e. The number of hydrogen-bond donors (Lipinski definition) is 1. The summed E-state index contributed by atoms with van der Waals surface area (Å²) >= 11 is 0. The van der Waals surface area contributed by atoms with E-state index in [0.717, 1.165) is 11.1 Å². The number of rotatable bonds is 3. The Kier molecular flexibility index (Phi) is 2.81. The molecule has 0 amide bonds. The largest absolute Gasteiger partial charge is 0.304 e. The lowest BCUT2D eigenvalue weighted by atomic mass is 10.0. The van der Waals surface area contributed by atoms with Crippen molar-refractivity contribution in [2.24, 2.45) is 0 Å². The number of hydrogen-bond acceptors (Lipinski definition) is 1. The lowest BCUT2D eigenvalue weighted by Crippen LogP contribution is -1.98. The molecule has 0 spiro atoms. The quantitative estimate of drug-likeness (QED) is 0.518. The fourth-order valence-electron chi connectivity index (χ4n) is 1.04. The van der Waals surface area contributed by atoms with Crippen molar-refractivity contribution in [3.05, 3.63) is 48.0 Å². The van der Waals surface area contributed by atoms with Crippen molar-refractivity contribution in [1.82, 2.24) is 0 Å². The van der Waals surface area contributed by atoms with E-state index in [0.29, 0.717) is 12.1 Å². The second-order valence-electron chi connectivity index (χ2n) is 2.98. The van der Waals surface area contributed by atoms with Crippen molar-refractivity contribution in [3.8, 4) is 0 Å². The van der Waals surface area contributed by atoms with Gasteiger partial charge in [0.05, 0.1) is 0 Å². The fourth-order valence-corrected chi connectivity index (χ4v) is 1.04. The molecule has 0 aliphatic rings. The number of nitrogens with one attached hydrogen (secondary N) is 1. The Morgan fingerprint density at radius 2 is 1.92 bits per heavy atom. The molecule has 0 atom stereocenters. The van der Waals surface area contributed by atoms with Crippen LogP contribution in [0.1, 0.15) is 18.9 Å². The van der Waals surface area contributed by atoms with Crippen LogP contribution in [-0.2, 0) is 0 Å². The topological polar surface area (TPSA) is 23.9 Å². The standard InChI is InChI=1S/C11H13N/c1-9(2)8-11(12)10-6-4-3-5-7-10/h3-7,12H,1,8H2,2H3. The third-order valence-corrected chi connectivity index (χ3v) is 1.60. The summed E-state index contributed by atoms with van der Waals surface area (Å²) in [5.74, 6) is 0. The molecule has 62 valence electrons. The predicted molar refractivity (Wildman–Crippen MR) is 52.7 cm³/mol. The van der Waals surface area contributed by atoms with Crippen LogP contribution in [0, 0.1) is 5.41 Å². The molecule has 0 saturated heterocycles. The van der Waals surface area contributed by atoms with E-state index in [4.69, 9.17) is 5.41 Å². The lowest BCUT2D eigenvalue weighted by Gasteiger charge is -2.02. The van der Waals surface area contributed by atoms with Crippen molar-refractivity contribution in [1.29, 1.82) is 5.41 Å². The van der Waals surface area contributed by atoms with E-state index in [9.17, 15) is 0 Å². The van der Waals surface area contributed by atoms with Crippen LogP contribution in [0.3, 0.4) is 0 Å². The van der Waals surface area contributed by atoms with E-state index < -0.39 is 0 Å². The molecular weight excluding hydrogens is 146 g/mol. The summed E-state index contributed by atoms with van der Waals surface area (Å²) in [6.45, 7) is 5.72. The van der Waals surface area contributed by atoms with Crippen molar-refractivity contribution in [2.45, 2.75) is 13.3 Å². The third kappa shape index (κ3) is 2.35. The molecule has 1 nitrogen and oxygen atoms in total. The lowest BCUT2D eigenvalue weighted by molar-refractivity contribution is 1.24. The second-order valence-corrected chi connectivity index (χ2v) is 2.98. The smallest absolute Gasteiger partial charge is 0.0426 e. The van der Waals surface area contributed by atoms with Crippen LogP contribution in [0.25, 0.3) is 0 Å². The van der Waals surface area contributed by atoms with Crippen molar-refractivity contribution >= 4 is 5.71 Å². The van der Waals surface area contributed by atoms with E-state index in [1.165, 1.54) is 0 Å². The maximum atomic E-state index is 7.70. The van der Waals surface area contributed by atoms with Crippen molar-refractivity contribution < 1.29 is 0 Å². The van der Waals surface area contributed by atoms with Gasteiger partial charge in [0.1, 0.15) is 0 Å². The van der Waals surface area contributed by atoms with Gasteiger partial charge >= 0.3 is 0 Å². The van der Waals surface area contributed by atoms with Gasteiger partial charge in [0.25, 0.3) is 0 Å². The summed E-state index contributed by atoms with van der Waals surface area (Å²) in [4.78, 5) is 0. The highest BCUT2D eigenvalue weighted by Gasteiger charge is 1.98. The van der Waals surface area contributed by atoms with Crippen LogP contribution in [0.15, 0.2) is 42.5 Å². The molecule has 1 aromatic rings. The summed E-state index contributed by atoms with van der Waals surface area (Å²) in [5, 5.41) is 7.70. The van der Waals surface area contributed by atoms with Gasteiger partial charge in [0.15, 0.2) is 0 Å². The molecule has 0 aliphatic carbocycles. The zero-order chi connectivity index (χ0) is 8.97. The van der Waals surface area contributed by atoms with E-state index in [2.05, 4.69) is 6.58 Å². The van der Waals surface area contributed by atoms with Gasteiger partial charge in [-0.25, -0.2) is 0 Å². The normalized spacial score (nSPS) is 9.42. The number of allylic oxidation sites excluding steroid dienone is 1. The maximum Gasteiger partial charge on any atom is 0.0426 e. The van der Waals surface area contributed by atoms with E-state index in [1.807, 2.05) is 37.3 Å². The Hall–Kier alpha value is -1.37. The van der Waals surface area contributed by atoms with Gasteiger partial charge < -0.3 is 5.41 Å². The summed E-state index contributed by atoms with van der Waals surface area (Å²) in [5.41, 5.74) is 2.66. The molecule has 0 aromatic heterocycles. The maximum absolute atomic E-state index is 7.70. The van der Waals surface area contributed by atoms with Gasteiger partial charge in [0, 0.05) is 12.1 Å². The number of benzene rings is 1. The van der Waals surface area contributed by atoms with Gasteiger partial charge in [-0.2, -0.15) is 0 Å². The van der Waals surface area contributed by atoms with Crippen molar-refractivity contribution in [3.63, 3.8) is 0 Å². The highest BCUT2D eigenvalue weighted by atomic mass is 14.4. The molecule has 1 N–H and O–H groups in total. The molecule has 1 aromatic carbocycles. The molecule has 0 saturated carbocycles. The summed E-state index contributed by atoms with van der Waals surface area (Å²) in [6.07, 6.45) is 0.671. The minimum atomic E-state index is 0.642. The fraction of sp³-hybridized carbons (Fsp3) is 0.182. The Balaban J connectivity index is 2.73. The SMILES string of the molecule is C=C(C)CC(=N)c1ccccc1. The molecule has 1 rings (SSSR count). The van der Waals surface area contributed by atoms with Crippen molar-refractivity contribution in [2.75, 3.05) is 0 Å². The first kappa shape index (κ1) is 8.72. The summed E-state index contributed by atoms with van der Waals surface area (Å²) in [6, 6.07) is 9.75. The molecule has 0 unspecified atom stereocenters.